The number of terminal acetylenes is 1. The second kappa shape index (κ2) is 9.11. The summed E-state index contributed by atoms with van der Waals surface area (Å²) in [6.07, 6.45) is 8.47. The van der Waals surface area contributed by atoms with Crippen LogP contribution in [-0.2, 0) is 11.2 Å². The Hall–Kier alpha value is -2.97. The van der Waals surface area contributed by atoms with E-state index >= 15 is 0 Å². The van der Waals surface area contributed by atoms with Gasteiger partial charge in [-0.05, 0) is 53.9 Å². The number of ether oxygens (including phenoxy) is 1. The summed E-state index contributed by atoms with van der Waals surface area (Å²) in [6, 6.07) is 17.3. The highest BCUT2D eigenvalue weighted by Gasteiger charge is 2.34. The minimum atomic E-state index is -0.231. The summed E-state index contributed by atoms with van der Waals surface area (Å²) in [6.45, 7) is 0.636. The molecule has 0 spiro atoms. The molecule has 1 aliphatic rings. The molecule has 1 aliphatic heterocycles. The summed E-state index contributed by atoms with van der Waals surface area (Å²) >= 11 is 0.982. The van der Waals surface area contributed by atoms with Crippen LogP contribution in [-0.4, -0.2) is 29.2 Å². The van der Waals surface area contributed by atoms with Crippen LogP contribution < -0.4 is 4.74 Å². The summed E-state index contributed by atoms with van der Waals surface area (Å²) < 4.78 is 5.32. The molecule has 1 heterocycles. The summed E-state index contributed by atoms with van der Waals surface area (Å²) in [5.74, 6) is 2.84. The first kappa shape index (κ1) is 18.8. The molecule has 0 aliphatic carbocycles. The van der Waals surface area contributed by atoms with Crippen molar-refractivity contribution in [1.29, 1.82) is 0 Å². The molecule has 0 bridgehead atoms. The number of aryl methyl sites for hydroxylation is 1. The monoisotopic (exact) mass is 377 g/mol. The average molecular weight is 377 g/mol. The van der Waals surface area contributed by atoms with Gasteiger partial charge in [0.05, 0.1) is 4.91 Å². The Morgan fingerprint density at radius 3 is 2.52 bits per heavy atom. The highest BCUT2D eigenvalue weighted by atomic mass is 32.2. The number of thioether (sulfide) groups is 1. The van der Waals surface area contributed by atoms with E-state index in [0.29, 0.717) is 17.2 Å². The average Bonchev–Trinajstić information content (AvgIpc) is 2.95. The largest absolute Gasteiger partial charge is 0.481 e. The molecule has 2 aromatic carbocycles. The van der Waals surface area contributed by atoms with Crippen LogP contribution in [0.2, 0.25) is 0 Å². The first-order valence-electron chi connectivity index (χ1n) is 8.63. The topological polar surface area (TPSA) is 46.6 Å². The number of rotatable bonds is 7. The van der Waals surface area contributed by atoms with Crippen LogP contribution in [0, 0.1) is 12.3 Å². The molecule has 136 valence electrons. The van der Waals surface area contributed by atoms with E-state index in [1.54, 1.807) is 18.2 Å². The highest BCUT2D eigenvalue weighted by Crippen LogP contribution is 2.32. The summed E-state index contributed by atoms with van der Waals surface area (Å²) in [4.78, 5) is 26.5. The summed E-state index contributed by atoms with van der Waals surface area (Å²) in [5.41, 5.74) is 2.03. The minimum absolute atomic E-state index is 0.210. The lowest BCUT2D eigenvalue weighted by molar-refractivity contribution is -0.122. The molecule has 5 heteroatoms. The van der Waals surface area contributed by atoms with Crippen LogP contribution in [0.4, 0.5) is 4.79 Å². The Bertz CT molecular complexity index is 882. The van der Waals surface area contributed by atoms with Crippen LogP contribution in [0.5, 0.6) is 5.75 Å². The van der Waals surface area contributed by atoms with Crippen LogP contribution in [0.25, 0.3) is 6.08 Å². The number of carbonyl (C=O) groups is 2. The van der Waals surface area contributed by atoms with Crippen molar-refractivity contribution in [1.82, 2.24) is 4.90 Å². The van der Waals surface area contributed by atoms with Gasteiger partial charge in [0.15, 0.2) is 0 Å². The fourth-order valence-corrected chi connectivity index (χ4v) is 3.58. The van der Waals surface area contributed by atoms with E-state index < -0.39 is 0 Å². The molecule has 27 heavy (non-hydrogen) atoms. The molecule has 1 saturated heterocycles. The Morgan fingerprint density at radius 2 is 1.81 bits per heavy atom. The lowest BCUT2D eigenvalue weighted by Gasteiger charge is -2.12. The van der Waals surface area contributed by atoms with Crippen molar-refractivity contribution in [3.8, 4) is 18.1 Å². The summed E-state index contributed by atoms with van der Waals surface area (Å²) in [7, 11) is 0. The molecule has 3 rings (SSSR count). The van der Waals surface area contributed by atoms with Gasteiger partial charge in [0.25, 0.3) is 11.1 Å². The zero-order valence-corrected chi connectivity index (χ0v) is 15.6. The van der Waals surface area contributed by atoms with Crippen LogP contribution in [0.15, 0.2) is 59.5 Å². The molecule has 4 nitrogen and oxygen atoms in total. The van der Waals surface area contributed by atoms with Crippen LogP contribution in [0.3, 0.4) is 0 Å². The Balaban J connectivity index is 1.59. The maximum atomic E-state index is 12.5. The van der Waals surface area contributed by atoms with E-state index in [-0.39, 0.29) is 17.8 Å². The van der Waals surface area contributed by atoms with Gasteiger partial charge < -0.3 is 4.74 Å². The van der Waals surface area contributed by atoms with Crippen molar-refractivity contribution < 1.29 is 14.3 Å². The highest BCUT2D eigenvalue weighted by molar-refractivity contribution is 8.18. The van der Waals surface area contributed by atoms with E-state index in [2.05, 4.69) is 5.92 Å². The fraction of sp³-hybridized carbons (Fsp3) is 0.182. The van der Waals surface area contributed by atoms with Gasteiger partial charge >= 0.3 is 0 Å². The Kier molecular flexibility index (Phi) is 6.35. The maximum Gasteiger partial charge on any atom is 0.293 e. The normalized spacial score (nSPS) is 15.2. The van der Waals surface area contributed by atoms with Gasteiger partial charge in [0.1, 0.15) is 12.4 Å². The van der Waals surface area contributed by atoms with E-state index in [4.69, 9.17) is 11.2 Å². The van der Waals surface area contributed by atoms with Crippen molar-refractivity contribution in [2.45, 2.75) is 12.8 Å². The van der Waals surface area contributed by atoms with E-state index in [9.17, 15) is 9.59 Å². The smallest absolute Gasteiger partial charge is 0.293 e. The molecule has 2 aromatic rings. The third kappa shape index (κ3) is 5.02. The molecule has 0 aromatic heterocycles. The molecule has 0 N–H and O–H groups in total. The van der Waals surface area contributed by atoms with Gasteiger partial charge in [-0.1, -0.05) is 48.4 Å². The quantitative estimate of drug-likeness (QED) is 0.531. The van der Waals surface area contributed by atoms with Crippen molar-refractivity contribution in [2.75, 3.05) is 13.2 Å². The molecule has 0 unspecified atom stereocenters. The van der Waals surface area contributed by atoms with Gasteiger partial charge in [0.2, 0.25) is 0 Å². The lowest BCUT2D eigenvalue weighted by Crippen LogP contribution is -2.29. The standard InChI is InChI=1S/C22H19NO3S/c1-2-15-26-19-12-10-18(11-13-19)16-20-21(24)23(22(25)27-20)14-6-9-17-7-4-3-5-8-17/h1,3-5,7-8,10-13,16H,6,9,14-15H2/b20-16-. The predicted molar refractivity (Wildman–Crippen MR) is 108 cm³/mol. The second-order valence-electron chi connectivity index (χ2n) is 5.98. The van der Waals surface area contributed by atoms with E-state index in [1.165, 1.54) is 10.5 Å². The minimum Gasteiger partial charge on any atom is -0.481 e. The molecule has 0 radical (unpaired) electrons. The number of hydrogen-bond donors (Lipinski definition) is 0. The van der Waals surface area contributed by atoms with Gasteiger partial charge in [-0.25, -0.2) is 0 Å². The Labute approximate surface area is 163 Å². The third-order valence-corrected chi connectivity index (χ3v) is 4.97. The molecule has 1 fully saturated rings. The van der Waals surface area contributed by atoms with Crippen molar-refractivity contribution >= 4 is 29.0 Å². The number of carbonyl (C=O) groups excluding carboxylic acids is 2. The first-order valence-corrected chi connectivity index (χ1v) is 9.44. The lowest BCUT2D eigenvalue weighted by atomic mass is 10.1. The fourth-order valence-electron chi connectivity index (χ4n) is 2.72. The second-order valence-corrected chi connectivity index (χ2v) is 6.98. The van der Waals surface area contributed by atoms with Gasteiger partial charge in [0, 0.05) is 6.54 Å². The molecular formula is C22H19NO3S. The van der Waals surface area contributed by atoms with Crippen LogP contribution >= 0.6 is 11.8 Å². The van der Waals surface area contributed by atoms with Gasteiger partial charge in [-0.2, -0.15) is 0 Å². The predicted octanol–water partition coefficient (Wildman–Crippen LogP) is 4.37. The number of imide groups is 1. The molecule has 0 saturated carbocycles. The zero-order valence-electron chi connectivity index (χ0n) is 14.8. The number of hydrogen-bond acceptors (Lipinski definition) is 4. The molecular weight excluding hydrogens is 358 g/mol. The van der Waals surface area contributed by atoms with Gasteiger partial charge in [-0.3, -0.25) is 14.5 Å². The SMILES string of the molecule is C#CCOc1ccc(/C=C2\SC(=O)N(CCCc3ccccc3)C2=O)cc1. The maximum absolute atomic E-state index is 12.5. The Morgan fingerprint density at radius 1 is 1.07 bits per heavy atom. The van der Waals surface area contributed by atoms with Gasteiger partial charge in [-0.15, -0.1) is 6.42 Å². The van der Waals surface area contributed by atoms with E-state index in [0.717, 1.165) is 30.2 Å². The van der Waals surface area contributed by atoms with Crippen molar-refractivity contribution in [3.05, 3.63) is 70.6 Å². The first-order chi connectivity index (χ1) is 13.2. The third-order valence-electron chi connectivity index (χ3n) is 4.06. The number of benzene rings is 2. The summed E-state index contributed by atoms with van der Waals surface area (Å²) in [5, 5.41) is -0.215. The zero-order chi connectivity index (χ0) is 19.1. The van der Waals surface area contributed by atoms with Crippen molar-refractivity contribution in [2.24, 2.45) is 0 Å². The van der Waals surface area contributed by atoms with Crippen molar-refractivity contribution in [3.63, 3.8) is 0 Å². The molecule has 0 atom stereocenters. The van der Waals surface area contributed by atoms with Crippen LogP contribution in [0.1, 0.15) is 17.5 Å². The van der Waals surface area contributed by atoms with E-state index in [1.807, 2.05) is 42.5 Å². The number of amides is 2. The molecule has 2 amide bonds. The number of nitrogens with zero attached hydrogens (tertiary/aromatic N) is 1.